The highest BCUT2D eigenvalue weighted by Gasteiger charge is 2.32. The first-order valence-corrected chi connectivity index (χ1v) is 8.41. The van der Waals surface area contributed by atoms with Crippen LogP contribution in [0, 0.1) is 5.92 Å². The number of alkyl carbamates (subject to hydrolysis) is 1. The molecule has 0 unspecified atom stereocenters. The van der Waals surface area contributed by atoms with Gasteiger partial charge in [0.1, 0.15) is 5.60 Å². The van der Waals surface area contributed by atoms with Gasteiger partial charge in [-0.3, -0.25) is 4.79 Å². The van der Waals surface area contributed by atoms with Gasteiger partial charge in [-0.25, -0.2) is 4.79 Å². The summed E-state index contributed by atoms with van der Waals surface area (Å²) in [6, 6.07) is 0. The highest BCUT2D eigenvalue weighted by molar-refractivity contribution is 5.77. The molecule has 0 aromatic rings. The number of carbonyl (C=O) groups excluding carboxylic acids is 2. The van der Waals surface area contributed by atoms with Crippen LogP contribution in [0.25, 0.3) is 0 Å². The van der Waals surface area contributed by atoms with Gasteiger partial charge in [0.25, 0.3) is 0 Å². The maximum Gasteiger partial charge on any atom is 0.407 e. The molecule has 6 heteroatoms. The average Bonchev–Trinajstić information content (AvgIpc) is 2.86. The van der Waals surface area contributed by atoms with Crippen LogP contribution in [0.15, 0.2) is 0 Å². The molecular formula is C17H32N2O4. The number of nitrogens with one attached hydrogen (secondary N) is 2. The third-order valence-corrected chi connectivity index (χ3v) is 4.14. The van der Waals surface area contributed by atoms with Gasteiger partial charge in [-0.05, 0) is 46.5 Å². The van der Waals surface area contributed by atoms with Crippen molar-refractivity contribution in [1.82, 2.24) is 10.6 Å². The lowest BCUT2D eigenvalue weighted by Gasteiger charge is -2.35. The lowest BCUT2D eigenvalue weighted by atomic mass is 9.88. The molecule has 134 valence electrons. The van der Waals surface area contributed by atoms with Gasteiger partial charge in [-0.1, -0.05) is 13.8 Å². The van der Waals surface area contributed by atoms with E-state index in [1.54, 1.807) is 0 Å². The summed E-state index contributed by atoms with van der Waals surface area (Å²) >= 11 is 0. The van der Waals surface area contributed by atoms with Crippen LogP contribution < -0.4 is 10.6 Å². The second-order valence-electron chi connectivity index (χ2n) is 7.81. The average molecular weight is 328 g/mol. The maximum atomic E-state index is 12.3. The number of hydrogen-bond acceptors (Lipinski definition) is 4. The summed E-state index contributed by atoms with van der Waals surface area (Å²) in [6.45, 7) is 12.5. The third-order valence-electron chi connectivity index (χ3n) is 4.14. The SMILES string of the molecule is CC(C)[C@](C)(CNC(=O)OC(C)(C)C)NC(=O)C[C@H]1CCCO1. The van der Waals surface area contributed by atoms with Crippen LogP contribution in [0.5, 0.6) is 0 Å². The summed E-state index contributed by atoms with van der Waals surface area (Å²) in [5, 5.41) is 5.80. The second-order valence-corrected chi connectivity index (χ2v) is 7.81. The molecule has 23 heavy (non-hydrogen) atoms. The van der Waals surface area contributed by atoms with E-state index in [0.717, 1.165) is 19.4 Å². The number of hydrogen-bond donors (Lipinski definition) is 2. The minimum atomic E-state index is -0.540. The molecule has 0 aliphatic carbocycles. The molecule has 1 rings (SSSR count). The fourth-order valence-corrected chi connectivity index (χ4v) is 2.34. The molecule has 2 N–H and O–H groups in total. The van der Waals surface area contributed by atoms with Crippen LogP contribution in [0.2, 0.25) is 0 Å². The van der Waals surface area contributed by atoms with Crippen molar-refractivity contribution in [3.8, 4) is 0 Å². The van der Waals surface area contributed by atoms with Crippen LogP contribution >= 0.6 is 0 Å². The molecule has 1 fully saturated rings. The lowest BCUT2D eigenvalue weighted by Crippen LogP contribution is -2.57. The van der Waals surface area contributed by atoms with E-state index >= 15 is 0 Å². The van der Waals surface area contributed by atoms with Gasteiger partial charge in [-0.2, -0.15) is 0 Å². The van der Waals surface area contributed by atoms with E-state index in [9.17, 15) is 9.59 Å². The fourth-order valence-electron chi connectivity index (χ4n) is 2.34. The molecule has 6 nitrogen and oxygen atoms in total. The fraction of sp³-hybridized carbons (Fsp3) is 0.882. The van der Waals surface area contributed by atoms with Gasteiger partial charge >= 0.3 is 6.09 Å². The van der Waals surface area contributed by atoms with E-state index in [-0.39, 0.29) is 17.9 Å². The molecule has 0 aromatic carbocycles. The summed E-state index contributed by atoms with van der Waals surface area (Å²) in [4.78, 5) is 24.1. The third kappa shape index (κ3) is 7.20. The van der Waals surface area contributed by atoms with Crippen LogP contribution in [-0.2, 0) is 14.3 Å². The summed E-state index contributed by atoms with van der Waals surface area (Å²) in [6.07, 6.45) is 1.86. The highest BCUT2D eigenvalue weighted by Crippen LogP contribution is 2.19. The van der Waals surface area contributed by atoms with Gasteiger partial charge in [0.15, 0.2) is 0 Å². The van der Waals surface area contributed by atoms with Crippen molar-refractivity contribution in [2.75, 3.05) is 13.2 Å². The molecule has 1 aliphatic rings. The molecule has 2 amide bonds. The second kappa shape index (κ2) is 7.99. The first kappa shape index (κ1) is 19.7. The Bertz CT molecular complexity index is 411. The van der Waals surface area contributed by atoms with Crippen LogP contribution in [0.1, 0.15) is 60.8 Å². The Kier molecular flexibility index (Phi) is 6.86. The summed E-state index contributed by atoms with van der Waals surface area (Å²) in [7, 11) is 0. The normalized spacial score (nSPS) is 20.9. The minimum absolute atomic E-state index is 0.0187. The van der Waals surface area contributed by atoms with Gasteiger partial charge in [-0.15, -0.1) is 0 Å². The van der Waals surface area contributed by atoms with E-state index < -0.39 is 17.2 Å². The number of amides is 2. The zero-order valence-corrected chi connectivity index (χ0v) is 15.3. The molecule has 1 aliphatic heterocycles. The minimum Gasteiger partial charge on any atom is -0.444 e. The van der Waals surface area contributed by atoms with E-state index in [1.807, 2.05) is 41.5 Å². The number of rotatable bonds is 6. The molecular weight excluding hydrogens is 296 g/mol. The van der Waals surface area contributed by atoms with Crippen LogP contribution in [0.4, 0.5) is 4.79 Å². The number of ether oxygens (including phenoxy) is 2. The molecule has 0 radical (unpaired) electrons. The standard InChI is InChI=1S/C17H32N2O4/c1-12(2)17(6,11-18-15(21)23-16(3,4)5)19-14(20)10-13-8-7-9-22-13/h12-13H,7-11H2,1-6H3,(H,18,21)(H,19,20)/t13-,17+/m1/s1. The van der Waals surface area contributed by atoms with Crippen molar-refractivity contribution in [3.05, 3.63) is 0 Å². The summed E-state index contributed by atoms with van der Waals surface area (Å²) in [5.41, 5.74) is -1.08. The van der Waals surface area contributed by atoms with Gasteiger partial charge in [0, 0.05) is 13.2 Å². The first-order valence-electron chi connectivity index (χ1n) is 8.41. The topological polar surface area (TPSA) is 76.7 Å². The maximum absolute atomic E-state index is 12.3. The molecule has 1 saturated heterocycles. The predicted molar refractivity (Wildman–Crippen MR) is 89.2 cm³/mol. The molecule has 1 heterocycles. The van der Waals surface area contributed by atoms with Crippen molar-refractivity contribution >= 4 is 12.0 Å². The Labute approximate surface area is 139 Å². The predicted octanol–water partition coefficient (Wildman–Crippen LogP) is 2.61. The zero-order valence-electron chi connectivity index (χ0n) is 15.3. The number of carbonyl (C=O) groups is 2. The van der Waals surface area contributed by atoms with Gasteiger partial charge in [0.2, 0.25) is 5.91 Å². The Balaban J connectivity index is 2.53. The van der Waals surface area contributed by atoms with Crippen LogP contribution in [-0.4, -0.2) is 42.4 Å². The highest BCUT2D eigenvalue weighted by atomic mass is 16.6. The van der Waals surface area contributed by atoms with Crippen molar-refractivity contribution in [1.29, 1.82) is 0 Å². The van der Waals surface area contributed by atoms with Crippen molar-refractivity contribution in [2.45, 2.75) is 78.0 Å². The smallest absolute Gasteiger partial charge is 0.407 e. The van der Waals surface area contributed by atoms with Crippen molar-refractivity contribution in [3.63, 3.8) is 0 Å². The van der Waals surface area contributed by atoms with E-state index in [1.165, 1.54) is 0 Å². The van der Waals surface area contributed by atoms with E-state index in [0.29, 0.717) is 13.0 Å². The Morgan fingerprint density at radius 2 is 1.91 bits per heavy atom. The Hall–Kier alpha value is -1.30. The van der Waals surface area contributed by atoms with Crippen molar-refractivity contribution < 1.29 is 19.1 Å². The summed E-state index contributed by atoms with van der Waals surface area (Å²) in [5.74, 6) is 0.116. The molecule has 2 atom stereocenters. The Morgan fingerprint density at radius 1 is 1.26 bits per heavy atom. The molecule has 0 aromatic heterocycles. The first-order chi connectivity index (χ1) is 10.5. The monoisotopic (exact) mass is 328 g/mol. The van der Waals surface area contributed by atoms with Gasteiger partial charge < -0.3 is 20.1 Å². The van der Waals surface area contributed by atoms with Gasteiger partial charge in [0.05, 0.1) is 18.1 Å². The largest absolute Gasteiger partial charge is 0.444 e. The molecule has 0 saturated carbocycles. The molecule has 0 spiro atoms. The van der Waals surface area contributed by atoms with E-state index in [4.69, 9.17) is 9.47 Å². The lowest BCUT2D eigenvalue weighted by molar-refractivity contribution is -0.125. The quantitative estimate of drug-likeness (QED) is 0.786. The molecule has 0 bridgehead atoms. The van der Waals surface area contributed by atoms with E-state index in [2.05, 4.69) is 10.6 Å². The van der Waals surface area contributed by atoms with Crippen LogP contribution in [0.3, 0.4) is 0 Å². The summed E-state index contributed by atoms with van der Waals surface area (Å²) < 4.78 is 10.7. The van der Waals surface area contributed by atoms with Crippen molar-refractivity contribution in [2.24, 2.45) is 5.92 Å². The zero-order chi connectivity index (χ0) is 17.7. The Morgan fingerprint density at radius 3 is 2.39 bits per heavy atom.